The molecule has 0 aromatic carbocycles. The topological polar surface area (TPSA) is 88.5 Å². The van der Waals surface area contributed by atoms with Crippen LogP contribution < -0.4 is 15.6 Å². The number of hydrazone groups is 1. The lowest BCUT2D eigenvalue weighted by molar-refractivity contribution is 0.113. The SMILES string of the molecule is CCOCCNCCN1CCN(C(S)N/N=C2/CCN(C(C)O)c3cccnc32)CC1. The molecule has 3 rings (SSSR count). The molecule has 0 bridgehead atoms. The van der Waals surface area contributed by atoms with E-state index in [1.807, 2.05) is 24.0 Å². The fraction of sp³-hybridized carbons (Fsp3) is 0.714. The van der Waals surface area contributed by atoms with Gasteiger partial charge in [-0.05, 0) is 26.0 Å². The minimum atomic E-state index is -0.550. The third kappa shape index (κ3) is 7.03. The van der Waals surface area contributed by atoms with E-state index in [9.17, 15) is 5.11 Å². The highest BCUT2D eigenvalue weighted by Gasteiger charge is 2.26. The summed E-state index contributed by atoms with van der Waals surface area (Å²) in [6.45, 7) is 13.0. The molecule has 0 radical (unpaired) electrons. The maximum Gasteiger partial charge on any atom is 0.141 e. The van der Waals surface area contributed by atoms with E-state index in [2.05, 4.69) is 30.6 Å². The number of aliphatic hydroxyl groups excluding tert-OH is 1. The second-order valence-electron chi connectivity index (χ2n) is 7.83. The molecule has 2 aliphatic rings. The van der Waals surface area contributed by atoms with Crippen LogP contribution in [-0.4, -0.2) is 103 Å². The molecular formula is C21H37N7O2S. The molecule has 0 spiro atoms. The van der Waals surface area contributed by atoms with E-state index in [0.29, 0.717) is 6.54 Å². The van der Waals surface area contributed by atoms with Crippen molar-refractivity contribution in [3.63, 3.8) is 0 Å². The number of thiol groups is 1. The van der Waals surface area contributed by atoms with Crippen LogP contribution in [0.15, 0.2) is 23.4 Å². The summed E-state index contributed by atoms with van der Waals surface area (Å²) >= 11 is 4.73. The monoisotopic (exact) mass is 451 g/mol. The van der Waals surface area contributed by atoms with Gasteiger partial charge >= 0.3 is 0 Å². The van der Waals surface area contributed by atoms with Gasteiger partial charge in [0, 0.05) is 71.6 Å². The van der Waals surface area contributed by atoms with Crippen LogP contribution in [0.25, 0.3) is 0 Å². The Morgan fingerprint density at radius 1 is 1.26 bits per heavy atom. The van der Waals surface area contributed by atoms with Gasteiger partial charge in [-0.15, -0.1) is 12.6 Å². The minimum Gasteiger partial charge on any atom is -0.380 e. The lowest BCUT2D eigenvalue weighted by atomic mass is 10.1. The summed E-state index contributed by atoms with van der Waals surface area (Å²) in [6.07, 6.45) is 1.95. The van der Waals surface area contributed by atoms with Gasteiger partial charge in [-0.3, -0.25) is 20.2 Å². The van der Waals surface area contributed by atoms with Gasteiger partial charge in [0.15, 0.2) is 0 Å². The van der Waals surface area contributed by atoms with Crippen molar-refractivity contribution in [1.82, 2.24) is 25.5 Å². The predicted molar refractivity (Wildman–Crippen MR) is 128 cm³/mol. The van der Waals surface area contributed by atoms with E-state index < -0.39 is 6.23 Å². The molecule has 1 fully saturated rings. The number of hydrogen-bond acceptors (Lipinski definition) is 10. The van der Waals surface area contributed by atoms with Crippen molar-refractivity contribution >= 4 is 24.0 Å². The molecule has 3 heterocycles. The zero-order valence-corrected chi connectivity index (χ0v) is 19.6. The number of rotatable bonds is 11. The Balaban J connectivity index is 1.44. The molecule has 0 amide bonds. The van der Waals surface area contributed by atoms with Gasteiger partial charge in [0.05, 0.1) is 18.0 Å². The van der Waals surface area contributed by atoms with E-state index in [-0.39, 0.29) is 5.50 Å². The summed E-state index contributed by atoms with van der Waals surface area (Å²) in [4.78, 5) is 11.2. The Morgan fingerprint density at radius 2 is 2.06 bits per heavy atom. The molecule has 10 heteroatoms. The van der Waals surface area contributed by atoms with Crippen LogP contribution in [0.1, 0.15) is 26.0 Å². The molecule has 2 aliphatic heterocycles. The summed E-state index contributed by atoms with van der Waals surface area (Å²) in [6, 6.07) is 3.87. The lowest BCUT2D eigenvalue weighted by Crippen LogP contribution is -2.53. The number of aromatic nitrogens is 1. The van der Waals surface area contributed by atoms with Gasteiger partial charge in [-0.1, -0.05) is 0 Å². The highest BCUT2D eigenvalue weighted by molar-refractivity contribution is 7.80. The van der Waals surface area contributed by atoms with E-state index in [1.54, 1.807) is 13.1 Å². The van der Waals surface area contributed by atoms with Crippen LogP contribution in [0.5, 0.6) is 0 Å². The average molecular weight is 452 g/mol. The number of aliphatic hydroxyl groups is 1. The van der Waals surface area contributed by atoms with Gasteiger partial charge in [-0.2, -0.15) is 5.10 Å². The van der Waals surface area contributed by atoms with Gasteiger partial charge in [0.1, 0.15) is 17.4 Å². The highest BCUT2D eigenvalue weighted by Crippen LogP contribution is 2.26. The molecule has 0 saturated carbocycles. The van der Waals surface area contributed by atoms with Crippen molar-refractivity contribution in [3.05, 3.63) is 24.0 Å². The largest absolute Gasteiger partial charge is 0.380 e. The molecule has 174 valence electrons. The summed E-state index contributed by atoms with van der Waals surface area (Å²) < 4.78 is 5.34. The van der Waals surface area contributed by atoms with E-state index >= 15 is 0 Å². The van der Waals surface area contributed by atoms with Gasteiger partial charge in [0.25, 0.3) is 0 Å². The van der Waals surface area contributed by atoms with Crippen molar-refractivity contribution < 1.29 is 9.84 Å². The Labute approximate surface area is 191 Å². The lowest BCUT2D eigenvalue weighted by Gasteiger charge is -2.37. The first-order valence-electron chi connectivity index (χ1n) is 11.2. The number of fused-ring (bicyclic) bond motifs is 1. The molecular weight excluding hydrogens is 414 g/mol. The summed E-state index contributed by atoms with van der Waals surface area (Å²) in [5.74, 6) is 0. The third-order valence-corrected chi connectivity index (χ3v) is 6.15. The van der Waals surface area contributed by atoms with E-state index in [1.165, 1.54) is 0 Å². The van der Waals surface area contributed by atoms with Crippen LogP contribution in [0, 0.1) is 0 Å². The number of nitrogens with zero attached hydrogens (tertiary/aromatic N) is 5. The summed E-state index contributed by atoms with van der Waals surface area (Å²) in [7, 11) is 0. The fourth-order valence-corrected chi connectivity index (χ4v) is 4.20. The van der Waals surface area contributed by atoms with E-state index in [0.717, 1.165) is 82.5 Å². The molecule has 1 aromatic heterocycles. The smallest absolute Gasteiger partial charge is 0.141 e. The maximum absolute atomic E-state index is 10.0. The van der Waals surface area contributed by atoms with Gasteiger partial charge in [-0.25, -0.2) is 0 Å². The highest BCUT2D eigenvalue weighted by atomic mass is 32.1. The summed E-state index contributed by atoms with van der Waals surface area (Å²) in [5, 5.41) is 18.1. The number of nitrogens with one attached hydrogen (secondary N) is 2. The molecule has 1 saturated heterocycles. The number of hydrogen-bond donors (Lipinski definition) is 4. The second kappa shape index (κ2) is 12.6. The fourth-order valence-electron chi connectivity index (χ4n) is 3.91. The maximum atomic E-state index is 10.0. The Kier molecular flexibility index (Phi) is 9.82. The zero-order valence-electron chi connectivity index (χ0n) is 18.7. The van der Waals surface area contributed by atoms with Crippen LogP contribution in [-0.2, 0) is 4.74 Å². The predicted octanol–water partition coefficient (Wildman–Crippen LogP) is 0.381. The van der Waals surface area contributed by atoms with Crippen molar-refractivity contribution in [2.24, 2.45) is 5.10 Å². The minimum absolute atomic E-state index is 0.138. The quantitative estimate of drug-likeness (QED) is 0.166. The first kappa shape index (κ1) is 24.2. The van der Waals surface area contributed by atoms with Gasteiger partial charge in [0.2, 0.25) is 0 Å². The van der Waals surface area contributed by atoms with Crippen LogP contribution in [0.2, 0.25) is 0 Å². The van der Waals surface area contributed by atoms with Gasteiger partial charge < -0.3 is 20.1 Å². The Hall–Kier alpha value is -1.43. The first-order chi connectivity index (χ1) is 15.1. The molecule has 2 unspecified atom stereocenters. The third-order valence-electron chi connectivity index (χ3n) is 5.71. The molecule has 31 heavy (non-hydrogen) atoms. The first-order valence-corrected chi connectivity index (χ1v) is 11.8. The van der Waals surface area contributed by atoms with Crippen molar-refractivity contribution in [2.75, 3.05) is 70.5 Å². The average Bonchev–Trinajstić information content (AvgIpc) is 2.79. The molecule has 2 atom stereocenters. The van der Waals surface area contributed by atoms with Crippen molar-refractivity contribution in [3.8, 4) is 0 Å². The van der Waals surface area contributed by atoms with Crippen LogP contribution in [0.3, 0.4) is 0 Å². The van der Waals surface area contributed by atoms with Crippen molar-refractivity contribution in [2.45, 2.75) is 32.0 Å². The zero-order chi connectivity index (χ0) is 22.1. The van der Waals surface area contributed by atoms with E-state index in [4.69, 9.17) is 17.4 Å². The number of piperazine rings is 1. The molecule has 9 nitrogen and oxygen atoms in total. The number of ether oxygens (including phenoxy) is 1. The second-order valence-corrected chi connectivity index (χ2v) is 8.32. The molecule has 0 aliphatic carbocycles. The Bertz CT molecular complexity index is 698. The molecule has 3 N–H and O–H groups in total. The van der Waals surface area contributed by atoms with Crippen LogP contribution >= 0.6 is 12.6 Å². The number of pyridine rings is 1. The summed E-state index contributed by atoms with van der Waals surface area (Å²) in [5.41, 5.74) is 5.72. The van der Waals surface area contributed by atoms with Crippen molar-refractivity contribution in [1.29, 1.82) is 0 Å². The Morgan fingerprint density at radius 3 is 2.81 bits per heavy atom. The standard InChI is InChI=1S/C21H37N7O2S/c1-3-30-16-9-22-8-11-26-12-14-27(15-13-26)21(31)25-24-18-6-10-28(17(2)29)19-5-4-7-23-20(18)19/h4-5,7,17,21-22,25,29,31H,3,6,8-16H2,1-2H3/b24-18-. The normalized spacial score (nSPS) is 21.2. The number of anilines is 1. The van der Waals surface area contributed by atoms with Crippen LogP contribution in [0.4, 0.5) is 5.69 Å². The molecule has 1 aromatic rings.